The Balaban J connectivity index is 1.76. The summed E-state index contributed by atoms with van der Waals surface area (Å²) >= 11 is 6.15. The fraction of sp³-hybridized carbons (Fsp3) is 0.188. The molecule has 0 aliphatic heterocycles. The third-order valence-corrected chi connectivity index (χ3v) is 3.86. The first-order valence-electron chi connectivity index (χ1n) is 7.01. The lowest BCUT2D eigenvalue weighted by atomic mass is 10.3. The van der Waals surface area contributed by atoms with Gasteiger partial charge in [-0.05, 0) is 36.4 Å². The first-order valence-corrected chi connectivity index (χ1v) is 8.27. The van der Waals surface area contributed by atoms with Gasteiger partial charge in [0.2, 0.25) is 0 Å². The zero-order valence-electron chi connectivity index (χ0n) is 12.5. The van der Waals surface area contributed by atoms with Crippen molar-refractivity contribution < 1.29 is 18.3 Å². The zero-order valence-corrected chi connectivity index (χ0v) is 14.0. The van der Waals surface area contributed by atoms with Crippen molar-refractivity contribution >= 4 is 35.1 Å². The number of para-hydroxylation sites is 1. The number of halogens is 3. The third kappa shape index (κ3) is 6.25. The number of alkyl halides is 2. The molecule has 0 bridgehead atoms. The van der Waals surface area contributed by atoms with Gasteiger partial charge in [0.1, 0.15) is 12.4 Å². The molecular weight excluding hydrogens is 358 g/mol. The van der Waals surface area contributed by atoms with E-state index in [1.165, 1.54) is 6.07 Å². The van der Waals surface area contributed by atoms with Crippen LogP contribution < -0.4 is 15.4 Å². The van der Waals surface area contributed by atoms with E-state index in [1.807, 2.05) is 0 Å². The Morgan fingerprint density at radius 1 is 1.17 bits per heavy atom. The summed E-state index contributed by atoms with van der Waals surface area (Å²) in [6, 6.07) is 12.7. The number of benzene rings is 2. The molecule has 2 rings (SSSR count). The quantitative estimate of drug-likeness (QED) is 0.539. The van der Waals surface area contributed by atoms with Gasteiger partial charge in [-0.3, -0.25) is 0 Å². The molecule has 2 aromatic rings. The van der Waals surface area contributed by atoms with Crippen LogP contribution in [0, 0.1) is 0 Å². The van der Waals surface area contributed by atoms with Crippen molar-refractivity contribution in [3.8, 4) is 5.75 Å². The fourth-order valence-corrected chi connectivity index (χ4v) is 2.52. The number of amides is 2. The Morgan fingerprint density at radius 3 is 2.58 bits per heavy atom. The average molecular weight is 373 g/mol. The number of rotatable bonds is 7. The lowest BCUT2D eigenvalue weighted by Gasteiger charge is -2.12. The van der Waals surface area contributed by atoms with Gasteiger partial charge in [0.05, 0.1) is 12.2 Å². The molecule has 0 fully saturated rings. The van der Waals surface area contributed by atoms with Crippen molar-refractivity contribution in [2.24, 2.45) is 0 Å². The maximum absolute atomic E-state index is 12.5. The van der Waals surface area contributed by atoms with E-state index in [4.69, 9.17) is 16.3 Å². The minimum atomic E-state index is -2.55. The van der Waals surface area contributed by atoms with Crippen LogP contribution in [0.5, 0.6) is 5.75 Å². The number of anilines is 1. The highest BCUT2D eigenvalue weighted by Gasteiger charge is 2.11. The monoisotopic (exact) mass is 372 g/mol. The van der Waals surface area contributed by atoms with Crippen LogP contribution in [0.1, 0.15) is 0 Å². The molecule has 4 nitrogen and oxygen atoms in total. The number of thioether (sulfide) groups is 1. The van der Waals surface area contributed by atoms with Crippen molar-refractivity contribution in [2.75, 3.05) is 18.5 Å². The topological polar surface area (TPSA) is 50.4 Å². The molecule has 0 saturated heterocycles. The molecule has 0 aliphatic carbocycles. The summed E-state index contributed by atoms with van der Waals surface area (Å²) in [6.07, 6.45) is 0. The van der Waals surface area contributed by atoms with E-state index in [9.17, 15) is 13.6 Å². The zero-order chi connectivity index (χ0) is 17.4. The van der Waals surface area contributed by atoms with Crippen molar-refractivity contribution in [3.05, 3.63) is 53.6 Å². The summed E-state index contributed by atoms with van der Waals surface area (Å²) in [5.74, 6) is -1.91. The Kier molecular flexibility index (Phi) is 7.14. The van der Waals surface area contributed by atoms with E-state index in [0.29, 0.717) is 33.1 Å². The molecule has 0 spiro atoms. The van der Waals surface area contributed by atoms with Crippen LogP contribution in [0.15, 0.2) is 53.4 Å². The third-order valence-electron chi connectivity index (χ3n) is 2.82. The van der Waals surface area contributed by atoms with Gasteiger partial charge in [-0.1, -0.05) is 35.5 Å². The predicted octanol–water partition coefficient (Wildman–Crippen LogP) is 4.86. The molecule has 0 saturated carbocycles. The number of ether oxygens (including phenoxy) is 1. The van der Waals surface area contributed by atoms with Gasteiger partial charge in [0.15, 0.2) is 0 Å². The smallest absolute Gasteiger partial charge is 0.319 e. The normalized spacial score (nSPS) is 10.5. The Hall–Kier alpha value is -1.99. The highest BCUT2D eigenvalue weighted by molar-refractivity contribution is 7.99. The average Bonchev–Trinajstić information content (AvgIpc) is 2.55. The van der Waals surface area contributed by atoms with E-state index in [2.05, 4.69) is 10.6 Å². The Labute approximate surface area is 147 Å². The van der Waals surface area contributed by atoms with Crippen LogP contribution in [0.3, 0.4) is 0 Å². The Bertz CT molecular complexity index is 671. The molecule has 0 radical (unpaired) electrons. The minimum Gasteiger partial charge on any atom is -0.492 e. The maximum Gasteiger partial charge on any atom is 0.319 e. The van der Waals surface area contributed by atoms with Crippen molar-refractivity contribution in [3.63, 3.8) is 0 Å². The highest BCUT2D eigenvalue weighted by atomic mass is 35.5. The highest BCUT2D eigenvalue weighted by Crippen LogP contribution is 2.31. The van der Waals surface area contributed by atoms with Gasteiger partial charge in [0, 0.05) is 9.92 Å². The van der Waals surface area contributed by atoms with Gasteiger partial charge in [-0.15, -0.1) is 0 Å². The van der Waals surface area contributed by atoms with Gasteiger partial charge >= 0.3 is 6.03 Å². The molecule has 0 heterocycles. The summed E-state index contributed by atoms with van der Waals surface area (Å²) in [6.45, 7) is 0.529. The maximum atomic E-state index is 12.5. The second kappa shape index (κ2) is 9.34. The first-order chi connectivity index (χ1) is 11.5. The van der Waals surface area contributed by atoms with Gasteiger partial charge in [0.25, 0.3) is 5.76 Å². The van der Waals surface area contributed by atoms with Crippen LogP contribution in [0.4, 0.5) is 19.3 Å². The number of carbonyl (C=O) groups is 1. The molecule has 2 N–H and O–H groups in total. The van der Waals surface area contributed by atoms with Crippen LogP contribution in [-0.2, 0) is 0 Å². The molecule has 8 heteroatoms. The predicted molar refractivity (Wildman–Crippen MR) is 92.3 cm³/mol. The van der Waals surface area contributed by atoms with E-state index in [-0.39, 0.29) is 13.2 Å². The summed E-state index contributed by atoms with van der Waals surface area (Å²) in [7, 11) is 0. The lowest BCUT2D eigenvalue weighted by Crippen LogP contribution is -2.32. The van der Waals surface area contributed by atoms with Gasteiger partial charge in [-0.25, -0.2) is 4.79 Å². The summed E-state index contributed by atoms with van der Waals surface area (Å²) in [5, 5.41) is 5.75. The summed E-state index contributed by atoms with van der Waals surface area (Å²) in [5.41, 5.74) is 0.332. The minimum absolute atomic E-state index is 0.263. The lowest BCUT2D eigenvalue weighted by molar-refractivity contribution is 0.247. The number of hydrogen-bond donors (Lipinski definition) is 2. The molecular formula is C16H15ClF2N2O2S. The SMILES string of the molecule is O=C(NCCOc1ccc(Cl)cc1)Nc1ccccc1SC(F)F. The number of urea groups is 1. The summed E-state index contributed by atoms with van der Waals surface area (Å²) < 4.78 is 30.4. The molecule has 0 atom stereocenters. The number of nitrogens with one attached hydrogen (secondary N) is 2. The fourth-order valence-electron chi connectivity index (χ4n) is 1.80. The largest absolute Gasteiger partial charge is 0.492 e. The van der Waals surface area contributed by atoms with Crippen LogP contribution in [0.25, 0.3) is 0 Å². The van der Waals surface area contributed by atoms with Crippen molar-refractivity contribution in [1.29, 1.82) is 0 Å². The van der Waals surface area contributed by atoms with E-state index >= 15 is 0 Å². The molecule has 0 aliphatic rings. The molecule has 2 amide bonds. The van der Waals surface area contributed by atoms with Crippen LogP contribution in [-0.4, -0.2) is 24.9 Å². The molecule has 2 aromatic carbocycles. The second-order valence-electron chi connectivity index (χ2n) is 4.56. The van der Waals surface area contributed by atoms with Gasteiger partial charge < -0.3 is 15.4 Å². The number of hydrogen-bond acceptors (Lipinski definition) is 3. The van der Waals surface area contributed by atoms with Gasteiger partial charge in [-0.2, -0.15) is 8.78 Å². The standard InChI is InChI=1S/C16H15ClF2N2O2S/c17-11-5-7-12(8-6-11)23-10-9-20-16(22)21-13-3-1-2-4-14(13)24-15(18)19/h1-8,15H,9-10H2,(H2,20,21,22). The first kappa shape index (κ1) is 18.4. The van der Waals surface area contributed by atoms with Crippen LogP contribution in [0.2, 0.25) is 5.02 Å². The van der Waals surface area contributed by atoms with E-state index in [0.717, 1.165) is 0 Å². The second-order valence-corrected chi connectivity index (χ2v) is 6.03. The van der Waals surface area contributed by atoms with E-state index in [1.54, 1.807) is 42.5 Å². The van der Waals surface area contributed by atoms with Crippen LogP contribution >= 0.6 is 23.4 Å². The van der Waals surface area contributed by atoms with Crippen molar-refractivity contribution in [2.45, 2.75) is 10.7 Å². The molecule has 0 aromatic heterocycles. The molecule has 0 unspecified atom stereocenters. The Morgan fingerprint density at radius 2 is 1.88 bits per heavy atom. The number of carbonyl (C=O) groups excluding carboxylic acids is 1. The van der Waals surface area contributed by atoms with E-state index < -0.39 is 11.8 Å². The molecule has 24 heavy (non-hydrogen) atoms. The summed E-state index contributed by atoms with van der Waals surface area (Å²) in [4.78, 5) is 12.1. The van der Waals surface area contributed by atoms with Crippen molar-refractivity contribution in [1.82, 2.24) is 5.32 Å². The molecule has 128 valence electrons.